The van der Waals surface area contributed by atoms with Crippen LogP contribution in [0.3, 0.4) is 0 Å². The van der Waals surface area contributed by atoms with Crippen LogP contribution in [0.5, 0.6) is 5.75 Å². The molecule has 1 rings (SSSR count). The van der Waals surface area contributed by atoms with Gasteiger partial charge in [0.15, 0.2) is 0 Å². The molecule has 1 aromatic carbocycles. The third-order valence-electron chi connectivity index (χ3n) is 1.90. The second-order valence-corrected chi connectivity index (χ2v) is 2.94. The second kappa shape index (κ2) is 4.72. The molecule has 0 aliphatic carbocycles. The maximum absolute atomic E-state index is 12.3. The van der Waals surface area contributed by atoms with Crippen LogP contribution in [0.4, 0.5) is 8.78 Å². The monoisotopic (exact) mass is 216 g/mol. The average molecular weight is 216 g/mol. The van der Waals surface area contributed by atoms with Gasteiger partial charge in [-0.1, -0.05) is 0 Å². The molecule has 3 nitrogen and oxygen atoms in total. The molecule has 0 amide bonds. The van der Waals surface area contributed by atoms with Gasteiger partial charge in [-0.15, -0.1) is 0 Å². The zero-order chi connectivity index (χ0) is 11.4. The number of aliphatic carboxylic acids is 1. The lowest BCUT2D eigenvalue weighted by molar-refractivity contribution is -0.136. The molecule has 0 fully saturated rings. The molecule has 0 saturated heterocycles. The molecular formula is C10H10F2O3. The summed E-state index contributed by atoms with van der Waals surface area (Å²) in [6.07, 6.45) is -2.94. The van der Waals surface area contributed by atoms with Crippen molar-refractivity contribution in [1.29, 1.82) is 0 Å². The van der Waals surface area contributed by atoms with E-state index in [0.717, 1.165) is 6.07 Å². The summed E-state index contributed by atoms with van der Waals surface area (Å²) in [5.74, 6) is -0.776. The van der Waals surface area contributed by atoms with Crippen molar-refractivity contribution in [2.45, 2.75) is 12.8 Å². The van der Waals surface area contributed by atoms with Crippen molar-refractivity contribution in [2.75, 3.05) is 7.11 Å². The first-order valence-corrected chi connectivity index (χ1v) is 4.21. The maximum Gasteiger partial charge on any atom is 0.307 e. The van der Waals surface area contributed by atoms with Crippen LogP contribution < -0.4 is 4.74 Å². The molecule has 0 bridgehead atoms. The molecule has 1 N–H and O–H groups in total. The van der Waals surface area contributed by atoms with E-state index in [-0.39, 0.29) is 17.5 Å². The highest BCUT2D eigenvalue weighted by atomic mass is 19.3. The van der Waals surface area contributed by atoms with E-state index >= 15 is 0 Å². The van der Waals surface area contributed by atoms with Gasteiger partial charge >= 0.3 is 5.97 Å². The number of halogens is 2. The molecule has 0 saturated carbocycles. The third kappa shape index (κ3) is 2.90. The minimum absolute atomic E-state index is 0.202. The number of methoxy groups -OCH3 is 1. The second-order valence-electron chi connectivity index (χ2n) is 2.94. The van der Waals surface area contributed by atoms with Gasteiger partial charge in [0.05, 0.1) is 13.5 Å². The van der Waals surface area contributed by atoms with E-state index in [2.05, 4.69) is 0 Å². The lowest BCUT2D eigenvalue weighted by atomic mass is 10.1. The van der Waals surface area contributed by atoms with E-state index < -0.39 is 12.4 Å². The molecule has 0 radical (unpaired) electrons. The fourth-order valence-electron chi connectivity index (χ4n) is 1.24. The van der Waals surface area contributed by atoms with Crippen LogP contribution in [-0.2, 0) is 11.2 Å². The molecule has 0 aliphatic rings. The number of carboxylic acid groups (broad SMARTS) is 1. The van der Waals surface area contributed by atoms with Gasteiger partial charge < -0.3 is 9.84 Å². The summed E-state index contributed by atoms with van der Waals surface area (Å²) in [5.41, 5.74) is 0.0508. The number of hydrogen-bond acceptors (Lipinski definition) is 2. The van der Waals surface area contributed by atoms with Crippen molar-refractivity contribution >= 4 is 5.97 Å². The first-order valence-electron chi connectivity index (χ1n) is 4.21. The number of benzene rings is 1. The third-order valence-corrected chi connectivity index (χ3v) is 1.90. The molecule has 0 spiro atoms. The Morgan fingerprint density at radius 2 is 2.20 bits per heavy atom. The average Bonchev–Trinajstić information content (AvgIpc) is 2.16. The zero-order valence-corrected chi connectivity index (χ0v) is 8.04. The van der Waals surface area contributed by atoms with Crippen molar-refractivity contribution in [3.63, 3.8) is 0 Å². The fourth-order valence-corrected chi connectivity index (χ4v) is 1.24. The van der Waals surface area contributed by atoms with E-state index in [1.807, 2.05) is 0 Å². The number of carbonyl (C=O) groups is 1. The Labute approximate surface area is 85.3 Å². The maximum atomic E-state index is 12.3. The van der Waals surface area contributed by atoms with Gasteiger partial charge in [-0.2, -0.15) is 0 Å². The summed E-state index contributed by atoms with van der Waals surface area (Å²) >= 11 is 0. The van der Waals surface area contributed by atoms with E-state index in [1.54, 1.807) is 0 Å². The highest BCUT2D eigenvalue weighted by Crippen LogP contribution is 2.26. The van der Waals surface area contributed by atoms with Gasteiger partial charge in [-0.05, 0) is 18.2 Å². The number of carboxylic acids is 1. The summed E-state index contributed by atoms with van der Waals surface area (Å²) in [5, 5.41) is 8.57. The number of rotatable bonds is 4. The van der Waals surface area contributed by atoms with Gasteiger partial charge in [0.25, 0.3) is 6.43 Å². The molecular weight excluding hydrogens is 206 g/mol. The Kier molecular flexibility index (Phi) is 3.60. The number of ether oxygens (including phenoxy) is 1. The Morgan fingerprint density at radius 1 is 1.53 bits per heavy atom. The molecule has 1 aromatic rings. The van der Waals surface area contributed by atoms with Gasteiger partial charge in [-0.25, -0.2) is 8.78 Å². The highest BCUT2D eigenvalue weighted by molar-refractivity contribution is 5.71. The van der Waals surface area contributed by atoms with Crippen LogP contribution in [0.1, 0.15) is 17.6 Å². The zero-order valence-electron chi connectivity index (χ0n) is 8.04. The van der Waals surface area contributed by atoms with Crippen molar-refractivity contribution in [2.24, 2.45) is 0 Å². The van der Waals surface area contributed by atoms with E-state index in [0.29, 0.717) is 5.75 Å². The van der Waals surface area contributed by atoms with Crippen molar-refractivity contribution in [3.8, 4) is 5.75 Å². The minimum Gasteiger partial charge on any atom is -0.496 e. The molecule has 0 aromatic heterocycles. The van der Waals surface area contributed by atoms with Gasteiger partial charge in [0.2, 0.25) is 0 Å². The Morgan fingerprint density at radius 3 is 2.67 bits per heavy atom. The summed E-state index contributed by atoms with van der Waals surface area (Å²) in [6.45, 7) is 0. The topological polar surface area (TPSA) is 46.5 Å². The first-order chi connectivity index (χ1) is 7.04. The van der Waals surface area contributed by atoms with Crippen LogP contribution in [0.15, 0.2) is 18.2 Å². The normalized spacial score (nSPS) is 10.4. The Bertz CT molecular complexity index is 364. The molecule has 15 heavy (non-hydrogen) atoms. The van der Waals surface area contributed by atoms with E-state index in [4.69, 9.17) is 9.84 Å². The highest BCUT2D eigenvalue weighted by Gasteiger charge is 2.13. The molecule has 0 heterocycles. The minimum atomic E-state index is -2.61. The summed E-state index contributed by atoms with van der Waals surface area (Å²) in [6, 6.07) is 3.71. The largest absolute Gasteiger partial charge is 0.496 e. The molecule has 0 unspecified atom stereocenters. The van der Waals surface area contributed by atoms with E-state index in [9.17, 15) is 13.6 Å². The fraction of sp³-hybridized carbons (Fsp3) is 0.300. The van der Waals surface area contributed by atoms with Crippen molar-refractivity contribution < 1.29 is 23.4 Å². The Balaban J connectivity index is 3.07. The summed E-state index contributed by atoms with van der Waals surface area (Å²) in [7, 11) is 1.36. The van der Waals surface area contributed by atoms with Crippen LogP contribution in [0.2, 0.25) is 0 Å². The molecule has 0 aliphatic heterocycles. The van der Waals surface area contributed by atoms with Gasteiger partial charge in [-0.3, -0.25) is 4.79 Å². The van der Waals surface area contributed by atoms with Crippen molar-refractivity contribution in [1.82, 2.24) is 0 Å². The molecule has 0 atom stereocenters. The van der Waals surface area contributed by atoms with Crippen LogP contribution in [-0.4, -0.2) is 18.2 Å². The quantitative estimate of drug-likeness (QED) is 0.839. The summed E-state index contributed by atoms with van der Waals surface area (Å²) < 4.78 is 29.5. The molecule has 82 valence electrons. The lowest BCUT2D eigenvalue weighted by Gasteiger charge is -2.08. The number of alkyl halides is 2. The van der Waals surface area contributed by atoms with Crippen LogP contribution in [0.25, 0.3) is 0 Å². The molecule has 5 heteroatoms. The smallest absolute Gasteiger partial charge is 0.307 e. The predicted octanol–water partition coefficient (Wildman–Crippen LogP) is 2.26. The standard InChI is InChI=1S/C10H10F2O3/c1-15-8-3-2-6(10(11)12)4-7(8)5-9(13)14/h2-4,10H,5H2,1H3,(H,13,14). The van der Waals surface area contributed by atoms with E-state index in [1.165, 1.54) is 19.2 Å². The predicted molar refractivity (Wildman–Crippen MR) is 49.3 cm³/mol. The first kappa shape index (κ1) is 11.4. The van der Waals surface area contributed by atoms with Crippen LogP contribution in [0, 0.1) is 0 Å². The Hall–Kier alpha value is -1.65. The van der Waals surface area contributed by atoms with Crippen LogP contribution >= 0.6 is 0 Å². The lowest BCUT2D eigenvalue weighted by Crippen LogP contribution is -2.03. The van der Waals surface area contributed by atoms with Gasteiger partial charge in [0.1, 0.15) is 5.75 Å². The van der Waals surface area contributed by atoms with Gasteiger partial charge in [0, 0.05) is 11.1 Å². The number of hydrogen-bond donors (Lipinski definition) is 1. The summed E-state index contributed by atoms with van der Waals surface area (Å²) in [4.78, 5) is 10.5. The van der Waals surface area contributed by atoms with Crippen molar-refractivity contribution in [3.05, 3.63) is 29.3 Å². The SMILES string of the molecule is COc1ccc(C(F)F)cc1CC(=O)O.